The maximum absolute atomic E-state index is 13.5. The van der Waals surface area contributed by atoms with Crippen LogP contribution >= 0.6 is 0 Å². The number of unbranched alkanes of at least 4 members (excludes halogenated alkanes) is 34. The molecular formula is C87H151NO18. The van der Waals surface area contributed by atoms with Crippen LogP contribution in [0, 0.1) is 0 Å². The first-order valence-electron chi connectivity index (χ1n) is 42.1. The summed E-state index contributed by atoms with van der Waals surface area (Å²) in [6.07, 6.45) is 64.9. The molecule has 1 amide bonds. The topological polar surface area (TPSA) is 307 Å². The van der Waals surface area contributed by atoms with Gasteiger partial charge >= 0.3 is 0 Å². The molecule has 0 aromatic carbocycles. The van der Waals surface area contributed by atoms with Gasteiger partial charge in [0, 0.05) is 6.42 Å². The molecule has 3 fully saturated rings. The van der Waals surface area contributed by atoms with Crippen molar-refractivity contribution in [1.29, 1.82) is 0 Å². The van der Waals surface area contributed by atoms with E-state index in [2.05, 4.69) is 116 Å². The lowest BCUT2D eigenvalue weighted by molar-refractivity contribution is -0.379. The lowest BCUT2D eigenvalue weighted by Gasteiger charge is -2.48. The summed E-state index contributed by atoms with van der Waals surface area (Å²) in [4.78, 5) is 13.5. The van der Waals surface area contributed by atoms with Crippen LogP contribution in [0.3, 0.4) is 0 Å². The van der Waals surface area contributed by atoms with Crippen LogP contribution in [0.2, 0.25) is 0 Å². The van der Waals surface area contributed by atoms with Gasteiger partial charge in [-0.1, -0.05) is 322 Å². The van der Waals surface area contributed by atoms with Crippen LogP contribution < -0.4 is 5.32 Å². The summed E-state index contributed by atoms with van der Waals surface area (Å²) in [7, 11) is 0. The average molecular weight is 1500 g/mol. The molecule has 0 radical (unpaired) electrons. The van der Waals surface area contributed by atoms with E-state index < -0.39 is 124 Å². The first-order valence-corrected chi connectivity index (χ1v) is 42.1. The zero-order chi connectivity index (χ0) is 76.7. The minimum atomic E-state index is -1.98. The quantitative estimate of drug-likeness (QED) is 0.0199. The number of allylic oxidation sites excluding steroid dienone is 17. The highest BCUT2D eigenvalue weighted by Crippen LogP contribution is 2.33. The Hall–Kier alpha value is -3.55. The van der Waals surface area contributed by atoms with E-state index in [1.165, 1.54) is 167 Å². The van der Waals surface area contributed by atoms with Crippen molar-refractivity contribution in [2.24, 2.45) is 0 Å². The molecule has 0 spiro atoms. The van der Waals surface area contributed by atoms with Gasteiger partial charge in [-0.25, -0.2) is 0 Å². The second-order valence-corrected chi connectivity index (χ2v) is 29.6. The van der Waals surface area contributed by atoms with Crippen LogP contribution in [0.25, 0.3) is 0 Å². The molecule has 19 nitrogen and oxygen atoms in total. The summed E-state index contributed by atoms with van der Waals surface area (Å²) in [6.45, 7) is 1.65. The largest absolute Gasteiger partial charge is 0.394 e. The van der Waals surface area contributed by atoms with Crippen molar-refractivity contribution in [3.63, 3.8) is 0 Å². The molecule has 3 rings (SSSR count). The highest BCUT2D eigenvalue weighted by Gasteiger charge is 2.54. The number of nitrogens with one attached hydrogen (secondary N) is 1. The van der Waals surface area contributed by atoms with Crippen molar-refractivity contribution in [3.8, 4) is 0 Å². The van der Waals surface area contributed by atoms with E-state index in [4.69, 9.17) is 28.4 Å². The van der Waals surface area contributed by atoms with Gasteiger partial charge in [0.05, 0.1) is 38.6 Å². The standard InChI is InChI=1S/C87H151NO18/c1-3-5-7-9-11-13-15-17-19-21-23-25-27-29-31-32-33-34-35-36-37-38-39-41-43-45-47-49-51-53-55-57-59-61-63-65-75(93)88-70(71(92)64-62-60-58-56-54-52-50-48-46-44-42-40-30-28-26-24-22-20-18-16-14-12-10-8-6-4-2)69-101-85-81(99)78(96)83(73(67-90)103-85)106-87-82(100)79(97)84(74(68-91)104-87)105-86-80(98)77(95)76(94)72(66-89)102-86/h5,7,11,13,17,19,23,25,29,31,33-34,36-37,39,41,62,64,70-74,76-87,89-92,94-100H,3-4,6,8-10,12,14-16,18,20-22,24,26-28,30,32,35,38,40,42-61,63,65-69H2,1-2H3,(H,88,93)/b7-5-,13-11-,19-17-,25-23-,31-29-,34-33-,37-36-,41-39-,64-62+. The van der Waals surface area contributed by atoms with E-state index in [9.17, 15) is 61.0 Å². The molecule has 0 aromatic heterocycles. The smallest absolute Gasteiger partial charge is 0.220 e. The van der Waals surface area contributed by atoms with Gasteiger partial charge in [-0.05, 0) is 83.5 Å². The summed E-state index contributed by atoms with van der Waals surface area (Å²) in [6, 6.07) is -0.985. The van der Waals surface area contributed by atoms with Gasteiger partial charge in [0.25, 0.3) is 0 Å². The Morgan fingerprint density at radius 3 is 1.02 bits per heavy atom. The molecule has 17 atom stereocenters. The fourth-order valence-electron chi connectivity index (χ4n) is 13.6. The van der Waals surface area contributed by atoms with Gasteiger partial charge in [-0.15, -0.1) is 0 Å². The highest BCUT2D eigenvalue weighted by atomic mass is 16.8. The van der Waals surface area contributed by atoms with E-state index >= 15 is 0 Å². The number of amides is 1. The Kier molecular flexibility index (Phi) is 60.3. The van der Waals surface area contributed by atoms with Crippen molar-refractivity contribution in [3.05, 3.63) is 109 Å². The van der Waals surface area contributed by atoms with Crippen molar-refractivity contribution in [2.75, 3.05) is 26.4 Å². The Balaban J connectivity index is 1.36. The maximum Gasteiger partial charge on any atom is 0.220 e. The number of carbonyl (C=O) groups is 1. The number of carbonyl (C=O) groups excluding carboxylic acids is 1. The molecule has 12 N–H and O–H groups in total. The fraction of sp³-hybridized carbons (Fsp3) is 0.782. The SMILES string of the molecule is CC/C=C\C/C=C\C/C=C\C/C=C\C/C=C\C/C=C\C/C=C\C/C=C\CCCCCCCCCCCCC(=O)NC(COC1OC(CO)C(OC2OC(CO)C(OC3OC(CO)C(O)C(O)C3O)C(O)C2O)C(O)C1O)C(O)/C=C/CCCCCCCCCCCCCCCCCCCCCCCCCC. The van der Waals surface area contributed by atoms with Crippen molar-refractivity contribution in [2.45, 2.75) is 407 Å². The zero-order valence-electron chi connectivity index (χ0n) is 65.6. The normalized spacial score (nSPS) is 26.2. The minimum Gasteiger partial charge on any atom is -0.394 e. The molecule has 3 aliphatic rings. The molecular weight excluding hydrogens is 1350 g/mol. The Morgan fingerprint density at radius 1 is 0.349 bits per heavy atom. The van der Waals surface area contributed by atoms with E-state index in [-0.39, 0.29) is 18.9 Å². The summed E-state index contributed by atoms with van der Waals surface area (Å²) < 4.78 is 34.5. The molecule has 3 aliphatic heterocycles. The molecule has 3 saturated heterocycles. The van der Waals surface area contributed by atoms with Crippen LogP contribution in [0.5, 0.6) is 0 Å². The van der Waals surface area contributed by atoms with Gasteiger partial charge in [-0.2, -0.15) is 0 Å². The summed E-state index contributed by atoms with van der Waals surface area (Å²) >= 11 is 0. The predicted octanol–water partition coefficient (Wildman–Crippen LogP) is 14.9. The number of rotatable bonds is 66. The molecule has 19 heteroatoms. The average Bonchev–Trinajstić information content (AvgIpc) is 0.779. The molecule has 0 aliphatic carbocycles. The molecule has 0 bridgehead atoms. The minimum absolute atomic E-state index is 0.232. The maximum atomic E-state index is 13.5. The summed E-state index contributed by atoms with van der Waals surface area (Å²) in [5.41, 5.74) is 0. The number of hydrogen-bond donors (Lipinski definition) is 12. The third kappa shape index (κ3) is 45.1. The van der Waals surface area contributed by atoms with E-state index in [0.717, 1.165) is 109 Å². The summed E-state index contributed by atoms with van der Waals surface area (Å²) in [5, 5.41) is 121. The van der Waals surface area contributed by atoms with E-state index in [1.807, 2.05) is 6.08 Å². The lowest BCUT2D eigenvalue weighted by atomic mass is 9.96. The van der Waals surface area contributed by atoms with Crippen LogP contribution in [0.1, 0.15) is 303 Å². The van der Waals surface area contributed by atoms with Crippen molar-refractivity contribution < 1.29 is 89.4 Å². The van der Waals surface area contributed by atoms with Crippen LogP contribution in [-0.4, -0.2) is 193 Å². The van der Waals surface area contributed by atoms with Crippen molar-refractivity contribution in [1.82, 2.24) is 5.32 Å². The Labute approximate surface area is 640 Å². The molecule has 17 unspecified atom stereocenters. The number of aliphatic hydroxyl groups excluding tert-OH is 11. The molecule has 612 valence electrons. The molecule has 0 aromatic rings. The lowest BCUT2D eigenvalue weighted by Crippen LogP contribution is -2.66. The highest BCUT2D eigenvalue weighted by molar-refractivity contribution is 5.76. The van der Waals surface area contributed by atoms with Gasteiger partial charge < -0.3 is 89.9 Å². The van der Waals surface area contributed by atoms with Gasteiger partial charge in [0.1, 0.15) is 73.2 Å². The van der Waals surface area contributed by atoms with Crippen LogP contribution in [0.4, 0.5) is 0 Å². The molecule has 3 heterocycles. The van der Waals surface area contributed by atoms with Gasteiger partial charge in [0.2, 0.25) is 5.91 Å². The van der Waals surface area contributed by atoms with E-state index in [1.54, 1.807) is 6.08 Å². The predicted molar refractivity (Wildman–Crippen MR) is 424 cm³/mol. The second kappa shape index (κ2) is 66.1. The van der Waals surface area contributed by atoms with Crippen LogP contribution in [-0.2, 0) is 33.2 Å². The molecule has 106 heavy (non-hydrogen) atoms. The fourth-order valence-corrected chi connectivity index (χ4v) is 13.6. The number of hydrogen-bond acceptors (Lipinski definition) is 18. The van der Waals surface area contributed by atoms with E-state index in [0.29, 0.717) is 6.42 Å². The second-order valence-electron chi connectivity index (χ2n) is 29.6. The zero-order valence-corrected chi connectivity index (χ0v) is 65.6. The first kappa shape index (κ1) is 96.6. The third-order valence-electron chi connectivity index (χ3n) is 20.3. The number of ether oxygens (including phenoxy) is 6. The third-order valence-corrected chi connectivity index (χ3v) is 20.3. The first-order chi connectivity index (χ1) is 51.8. The van der Waals surface area contributed by atoms with Gasteiger partial charge in [-0.3, -0.25) is 4.79 Å². The number of aliphatic hydroxyl groups is 11. The Morgan fingerprint density at radius 2 is 0.651 bits per heavy atom. The monoisotopic (exact) mass is 1500 g/mol. The molecule has 0 saturated carbocycles. The summed E-state index contributed by atoms with van der Waals surface area (Å²) in [5.74, 6) is -0.281. The van der Waals surface area contributed by atoms with Crippen molar-refractivity contribution >= 4 is 5.91 Å². The Bertz CT molecular complexity index is 2340. The van der Waals surface area contributed by atoms with Gasteiger partial charge in [0.15, 0.2) is 18.9 Å². The van der Waals surface area contributed by atoms with Crippen LogP contribution in [0.15, 0.2) is 109 Å².